The van der Waals surface area contributed by atoms with Crippen LogP contribution in [0.3, 0.4) is 0 Å². The Labute approximate surface area is 108 Å². The van der Waals surface area contributed by atoms with Crippen LogP contribution in [0.5, 0.6) is 0 Å². The van der Waals surface area contributed by atoms with Crippen LogP contribution in [0.15, 0.2) is 0 Å². The van der Waals surface area contributed by atoms with Gasteiger partial charge in [0.15, 0.2) is 0 Å². The Hall–Kier alpha value is -1.06. The number of carboxylic acid groups (broad SMARTS) is 1. The van der Waals surface area contributed by atoms with Gasteiger partial charge in [0.25, 0.3) is 0 Å². The van der Waals surface area contributed by atoms with Gasteiger partial charge in [-0.15, -0.1) is 0 Å². The molecule has 4 heteroatoms. The molecule has 102 valence electrons. The Morgan fingerprint density at radius 1 is 1.11 bits per heavy atom. The Balaban J connectivity index is 2.08. The number of hydrogen-bond acceptors (Lipinski definition) is 2. The first-order chi connectivity index (χ1) is 8.10. The Morgan fingerprint density at radius 2 is 1.61 bits per heavy atom. The van der Waals surface area contributed by atoms with Crippen molar-refractivity contribution in [2.75, 3.05) is 13.1 Å². The highest BCUT2D eigenvalue weighted by Crippen LogP contribution is 2.68. The summed E-state index contributed by atoms with van der Waals surface area (Å²) in [6.45, 7) is 11.3. The number of rotatable bonds is 2. The third-order valence-electron chi connectivity index (χ3n) is 5.51. The summed E-state index contributed by atoms with van der Waals surface area (Å²) in [6.07, 6.45) is 0. The van der Waals surface area contributed by atoms with Gasteiger partial charge in [0.05, 0.1) is 5.92 Å². The van der Waals surface area contributed by atoms with Crippen LogP contribution in [0, 0.1) is 28.6 Å². The summed E-state index contributed by atoms with van der Waals surface area (Å²) in [6, 6.07) is 0. The van der Waals surface area contributed by atoms with Crippen molar-refractivity contribution in [1.29, 1.82) is 0 Å². The second kappa shape index (κ2) is 3.72. The molecule has 2 rings (SSSR count). The minimum atomic E-state index is -0.785. The number of likely N-dealkylation sites (tertiary alicyclic amines) is 1. The van der Waals surface area contributed by atoms with Crippen LogP contribution in [0.2, 0.25) is 0 Å². The number of amides is 1. The van der Waals surface area contributed by atoms with Crippen molar-refractivity contribution in [3.63, 3.8) is 0 Å². The number of carbonyl (C=O) groups is 2. The fourth-order valence-corrected chi connectivity index (χ4v) is 3.46. The van der Waals surface area contributed by atoms with E-state index in [1.807, 2.05) is 6.92 Å². The molecule has 0 aromatic rings. The lowest BCUT2D eigenvalue weighted by Crippen LogP contribution is -2.32. The van der Waals surface area contributed by atoms with E-state index < -0.39 is 11.9 Å². The van der Waals surface area contributed by atoms with Gasteiger partial charge < -0.3 is 10.0 Å². The van der Waals surface area contributed by atoms with E-state index in [1.165, 1.54) is 0 Å². The maximum Gasteiger partial charge on any atom is 0.308 e. The summed E-state index contributed by atoms with van der Waals surface area (Å²) >= 11 is 0. The van der Waals surface area contributed by atoms with E-state index in [4.69, 9.17) is 5.11 Å². The molecular formula is C14H23NO3. The molecule has 1 aliphatic heterocycles. The minimum absolute atomic E-state index is 0.0225. The quantitative estimate of drug-likeness (QED) is 0.817. The summed E-state index contributed by atoms with van der Waals surface area (Å²) in [5, 5.41) is 9.10. The number of nitrogens with zero attached hydrogens (tertiary/aromatic N) is 1. The van der Waals surface area contributed by atoms with Crippen LogP contribution in [-0.2, 0) is 9.59 Å². The highest BCUT2D eigenvalue weighted by atomic mass is 16.4. The van der Waals surface area contributed by atoms with E-state index in [-0.39, 0.29) is 28.6 Å². The third kappa shape index (κ3) is 1.65. The second-order valence-electron chi connectivity index (χ2n) is 7.04. The van der Waals surface area contributed by atoms with Gasteiger partial charge in [-0.25, -0.2) is 0 Å². The standard InChI is InChI=1S/C14H23NO3/c1-8-6-15(7-9(8)12(17)18)11(16)10-13(2,3)14(10,4)5/h8-10H,6-7H2,1-5H3,(H,17,18)/t8-,9-/m1/s1. The van der Waals surface area contributed by atoms with Gasteiger partial charge >= 0.3 is 5.97 Å². The summed E-state index contributed by atoms with van der Waals surface area (Å²) in [7, 11) is 0. The smallest absolute Gasteiger partial charge is 0.308 e. The van der Waals surface area contributed by atoms with Gasteiger partial charge in [0.2, 0.25) is 5.91 Å². The molecule has 4 nitrogen and oxygen atoms in total. The molecule has 0 aromatic heterocycles. The van der Waals surface area contributed by atoms with E-state index in [0.29, 0.717) is 13.1 Å². The normalized spacial score (nSPS) is 33.5. The molecule has 0 unspecified atom stereocenters. The zero-order valence-corrected chi connectivity index (χ0v) is 11.9. The fraction of sp³-hybridized carbons (Fsp3) is 0.857. The molecule has 0 spiro atoms. The summed E-state index contributed by atoms with van der Waals surface area (Å²) in [5.41, 5.74) is 0.0449. The van der Waals surface area contributed by atoms with Crippen molar-refractivity contribution in [3.8, 4) is 0 Å². The lowest BCUT2D eigenvalue weighted by Gasteiger charge is -2.17. The average Bonchev–Trinajstić information content (AvgIpc) is 2.57. The van der Waals surface area contributed by atoms with Crippen LogP contribution >= 0.6 is 0 Å². The Morgan fingerprint density at radius 3 is 1.94 bits per heavy atom. The highest BCUT2D eigenvalue weighted by molar-refractivity contribution is 5.85. The van der Waals surface area contributed by atoms with Gasteiger partial charge in [0, 0.05) is 19.0 Å². The van der Waals surface area contributed by atoms with Crippen LogP contribution < -0.4 is 0 Å². The maximum absolute atomic E-state index is 12.5. The van der Waals surface area contributed by atoms with Gasteiger partial charge in [-0.2, -0.15) is 0 Å². The number of carbonyl (C=O) groups excluding carboxylic acids is 1. The van der Waals surface area contributed by atoms with Crippen molar-refractivity contribution >= 4 is 11.9 Å². The summed E-state index contributed by atoms with van der Waals surface area (Å²) in [5.74, 6) is -0.965. The van der Waals surface area contributed by atoms with Gasteiger partial charge in [-0.1, -0.05) is 34.6 Å². The monoisotopic (exact) mass is 253 g/mol. The predicted octanol–water partition coefficient (Wildman–Crippen LogP) is 1.85. The van der Waals surface area contributed by atoms with Crippen LogP contribution in [0.1, 0.15) is 34.6 Å². The zero-order chi connectivity index (χ0) is 13.9. The lowest BCUT2D eigenvalue weighted by atomic mass is 9.99. The topological polar surface area (TPSA) is 57.6 Å². The van der Waals surface area contributed by atoms with Crippen molar-refractivity contribution in [2.45, 2.75) is 34.6 Å². The molecule has 0 radical (unpaired) electrons. The largest absolute Gasteiger partial charge is 0.481 e. The molecule has 2 aliphatic rings. The molecule has 1 N–H and O–H groups in total. The molecule has 2 atom stereocenters. The van der Waals surface area contributed by atoms with Crippen molar-refractivity contribution in [3.05, 3.63) is 0 Å². The average molecular weight is 253 g/mol. The maximum atomic E-state index is 12.5. The Kier molecular flexibility index (Phi) is 2.76. The van der Waals surface area contributed by atoms with E-state index in [2.05, 4.69) is 27.7 Å². The minimum Gasteiger partial charge on any atom is -0.481 e. The highest BCUT2D eigenvalue weighted by Gasteiger charge is 2.69. The Bertz CT molecular complexity index is 386. The van der Waals surface area contributed by atoms with Gasteiger partial charge in [0.1, 0.15) is 0 Å². The molecule has 1 saturated carbocycles. The second-order valence-corrected chi connectivity index (χ2v) is 7.04. The van der Waals surface area contributed by atoms with Gasteiger partial charge in [-0.05, 0) is 16.7 Å². The van der Waals surface area contributed by atoms with E-state index >= 15 is 0 Å². The molecule has 18 heavy (non-hydrogen) atoms. The van der Waals surface area contributed by atoms with Crippen molar-refractivity contribution in [1.82, 2.24) is 4.90 Å². The first-order valence-corrected chi connectivity index (χ1v) is 6.62. The number of aliphatic carboxylic acids is 1. The van der Waals surface area contributed by atoms with E-state index in [1.54, 1.807) is 4.90 Å². The first kappa shape index (κ1) is 13.4. The van der Waals surface area contributed by atoms with Crippen LogP contribution in [-0.4, -0.2) is 35.0 Å². The molecule has 2 fully saturated rings. The molecule has 0 aromatic carbocycles. The lowest BCUT2D eigenvalue weighted by molar-refractivity contribution is -0.142. The predicted molar refractivity (Wildman–Crippen MR) is 67.9 cm³/mol. The summed E-state index contributed by atoms with van der Waals surface area (Å²) < 4.78 is 0. The van der Waals surface area contributed by atoms with E-state index in [9.17, 15) is 9.59 Å². The molecule has 1 heterocycles. The molecule has 1 amide bonds. The van der Waals surface area contributed by atoms with Crippen molar-refractivity contribution in [2.24, 2.45) is 28.6 Å². The zero-order valence-electron chi connectivity index (χ0n) is 11.9. The third-order valence-corrected chi connectivity index (χ3v) is 5.51. The molecule has 1 saturated heterocycles. The van der Waals surface area contributed by atoms with Crippen LogP contribution in [0.4, 0.5) is 0 Å². The summed E-state index contributed by atoms with van der Waals surface area (Å²) in [4.78, 5) is 25.3. The molecule has 1 aliphatic carbocycles. The first-order valence-electron chi connectivity index (χ1n) is 6.62. The van der Waals surface area contributed by atoms with E-state index in [0.717, 1.165) is 0 Å². The van der Waals surface area contributed by atoms with Crippen molar-refractivity contribution < 1.29 is 14.7 Å². The van der Waals surface area contributed by atoms with Gasteiger partial charge in [-0.3, -0.25) is 9.59 Å². The molecular weight excluding hydrogens is 230 g/mol. The van der Waals surface area contributed by atoms with Crippen LogP contribution in [0.25, 0.3) is 0 Å². The number of hydrogen-bond donors (Lipinski definition) is 1. The SMILES string of the molecule is C[C@@H]1CN(C(=O)C2C(C)(C)C2(C)C)C[C@H]1C(=O)O. The fourth-order valence-electron chi connectivity index (χ4n) is 3.46. The number of carboxylic acids is 1. The molecule has 0 bridgehead atoms.